The number of anilines is 1. The summed E-state index contributed by atoms with van der Waals surface area (Å²) in [6.45, 7) is 0. The number of nitrogens with zero attached hydrogens (tertiary/aromatic N) is 2. The van der Waals surface area contributed by atoms with Crippen molar-refractivity contribution in [3.05, 3.63) is 70.4 Å². The van der Waals surface area contributed by atoms with Crippen LogP contribution in [-0.2, 0) is 0 Å². The summed E-state index contributed by atoms with van der Waals surface area (Å²) in [4.78, 5) is 42.6. The summed E-state index contributed by atoms with van der Waals surface area (Å²) >= 11 is 0. The molecule has 26 heavy (non-hydrogen) atoms. The molecule has 1 aliphatic rings. The van der Waals surface area contributed by atoms with E-state index >= 15 is 0 Å². The van der Waals surface area contributed by atoms with Crippen molar-refractivity contribution in [2.75, 3.05) is 5.32 Å². The van der Waals surface area contributed by atoms with Crippen molar-refractivity contribution in [1.82, 2.24) is 0 Å². The van der Waals surface area contributed by atoms with Crippen LogP contribution in [0.25, 0.3) is 10.8 Å². The van der Waals surface area contributed by atoms with Gasteiger partial charge in [0.15, 0.2) is 6.29 Å². The number of fused-ring (bicyclic) bond motifs is 2. The molecule has 0 saturated carbocycles. The monoisotopic (exact) mass is 345 g/mol. The summed E-state index contributed by atoms with van der Waals surface area (Å²) in [6, 6.07) is 12.6. The number of carbonyl (C=O) groups excluding carboxylic acids is 3. The second kappa shape index (κ2) is 5.89. The van der Waals surface area contributed by atoms with Crippen molar-refractivity contribution in [3.63, 3.8) is 0 Å². The maximum atomic E-state index is 12.6. The van der Waals surface area contributed by atoms with E-state index in [4.69, 9.17) is 0 Å². The topological polar surface area (TPSA) is 108 Å². The lowest BCUT2D eigenvalue weighted by molar-refractivity contribution is 0.102. The van der Waals surface area contributed by atoms with Crippen LogP contribution in [0.4, 0.5) is 10.5 Å². The normalized spacial score (nSPS) is 12.2. The van der Waals surface area contributed by atoms with E-state index in [-0.39, 0.29) is 16.9 Å². The zero-order valence-corrected chi connectivity index (χ0v) is 13.3. The van der Waals surface area contributed by atoms with Gasteiger partial charge in [-0.1, -0.05) is 24.3 Å². The standard InChI is InChI=1S/C19H11N3O4/c23-9-14-12-4-2-1-3-10(12)7-13(17(14)24)18(25)20-11-5-6-15-16(8-11)22-19(26)21-15/h1-9,24H,(H,20,25). The first kappa shape index (κ1) is 15.6. The van der Waals surface area contributed by atoms with E-state index in [1.54, 1.807) is 36.4 Å². The maximum Gasteiger partial charge on any atom is 0.368 e. The summed E-state index contributed by atoms with van der Waals surface area (Å²) < 4.78 is 0. The first-order valence-corrected chi connectivity index (χ1v) is 7.69. The Balaban J connectivity index is 1.76. The quantitative estimate of drug-likeness (QED) is 0.708. The molecule has 3 aromatic carbocycles. The predicted octanol–water partition coefficient (Wildman–Crippen LogP) is 1.98. The van der Waals surface area contributed by atoms with Gasteiger partial charge in [0.2, 0.25) is 0 Å². The second-order valence-corrected chi connectivity index (χ2v) is 5.69. The summed E-state index contributed by atoms with van der Waals surface area (Å²) in [7, 11) is 0. The van der Waals surface area contributed by atoms with Crippen LogP contribution < -0.4 is 16.0 Å². The number of carbonyl (C=O) groups is 3. The Morgan fingerprint density at radius 2 is 1.81 bits per heavy atom. The van der Waals surface area contributed by atoms with Gasteiger partial charge in [-0.05, 0) is 35.0 Å². The summed E-state index contributed by atoms with van der Waals surface area (Å²) in [6.07, 6.45) is 0.524. The number of aromatic hydroxyl groups is 1. The van der Waals surface area contributed by atoms with Gasteiger partial charge < -0.3 is 10.4 Å². The SMILES string of the molecule is O=Cc1c(O)c(C(=O)Nc2ccc3c(c2)=NC(=O)N=3)cc2ccccc12. The predicted molar refractivity (Wildman–Crippen MR) is 93.1 cm³/mol. The zero-order chi connectivity index (χ0) is 18.3. The van der Waals surface area contributed by atoms with E-state index in [1.807, 2.05) is 0 Å². The third-order valence-electron chi connectivity index (χ3n) is 4.09. The Bertz CT molecular complexity index is 1230. The molecule has 7 nitrogen and oxygen atoms in total. The van der Waals surface area contributed by atoms with E-state index in [1.165, 1.54) is 12.1 Å². The Kier molecular flexibility index (Phi) is 3.54. The first-order chi connectivity index (χ1) is 12.6. The lowest BCUT2D eigenvalue weighted by Gasteiger charge is -2.11. The molecule has 4 rings (SSSR count). The third kappa shape index (κ3) is 2.51. The van der Waals surface area contributed by atoms with Crippen molar-refractivity contribution in [2.24, 2.45) is 9.98 Å². The molecule has 0 radical (unpaired) electrons. The second-order valence-electron chi connectivity index (χ2n) is 5.69. The highest BCUT2D eigenvalue weighted by Crippen LogP contribution is 2.30. The average molecular weight is 345 g/mol. The number of benzene rings is 3. The van der Waals surface area contributed by atoms with Gasteiger partial charge in [-0.2, -0.15) is 9.98 Å². The minimum absolute atomic E-state index is 0.0241. The summed E-state index contributed by atoms with van der Waals surface area (Å²) in [5, 5.41) is 15.0. The van der Waals surface area contributed by atoms with Crippen molar-refractivity contribution in [3.8, 4) is 5.75 Å². The van der Waals surface area contributed by atoms with E-state index in [0.29, 0.717) is 33.5 Å². The number of hydrogen-bond acceptors (Lipinski definition) is 4. The zero-order valence-electron chi connectivity index (χ0n) is 13.3. The van der Waals surface area contributed by atoms with E-state index < -0.39 is 11.9 Å². The van der Waals surface area contributed by atoms with Crippen LogP contribution in [0.3, 0.4) is 0 Å². The molecule has 0 unspecified atom stereocenters. The molecule has 0 aromatic heterocycles. The van der Waals surface area contributed by atoms with Gasteiger partial charge in [-0.15, -0.1) is 0 Å². The smallest absolute Gasteiger partial charge is 0.368 e. The van der Waals surface area contributed by atoms with Crippen LogP contribution in [-0.4, -0.2) is 23.3 Å². The molecule has 0 aliphatic carbocycles. The number of phenolic OH excluding ortho intramolecular Hbond substituents is 1. The Morgan fingerprint density at radius 1 is 1.04 bits per heavy atom. The molecular weight excluding hydrogens is 334 g/mol. The summed E-state index contributed by atoms with van der Waals surface area (Å²) in [5.41, 5.74) is 0.424. The molecule has 0 atom stereocenters. The van der Waals surface area contributed by atoms with Gasteiger partial charge in [0.1, 0.15) is 5.75 Å². The molecule has 0 saturated heterocycles. The Morgan fingerprint density at radius 3 is 2.62 bits per heavy atom. The molecule has 2 N–H and O–H groups in total. The number of hydrogen-bond donors (Lipinski definition) is 2. The van der Waals surface area contributed by atoms with E-state index in [9.17, 15) is 19.5 Å². The lowest BCUT2D eigenvalue weighted by Crippen LogP contribution is -2.23. The number of aldehydes is 1. The number of urea groups is 1. The highest BCUT2D eigenvalue weighted by molar-refractivity contribution is 6.12. The Hall–Kier alpha value is -3.87. The highest BCUT2D eigenvalue weighted by atomic mass is 16.3. The fourth-order valence-electron chi connectivity index (χ4n) is 2.87. The van der Waals surface area contributed by atoms with Gasteiger partial charge in [-0.3, -0.25) is 9.59 Å². The van der Waals surface area contributed by atoms with Gasteiger partial charge >= 0.3 is 6.03 Å². The number of phenols is 1. The van der Waals surface area contributed by atoms with Crippen molar-refractivity contribution >= 4 is 34.7 Å². The van der Waals surface area contributed by atoms with Crippen LogP contribution in [0.15, 0.2) is 58.5 Å². The largest absolute Gasteiger partial charge is 0.506 e. The molecular formula is C19H11N3O4. The van der Waals surface area contributed by atoms with Crippen LogP contribution >= 0.6 is 0 Å². The summed E-state index contributed by atoms with van der Waals surface area (Å²) in [5.74, 6) is -0.968. The molecule has 7 heteroatoms. The molecule has 3 aromatic rings. The van der Waals surface area contributed by atoms with E-state index in [2.05, 4.69) is 15.3 Å². The highest BCUT2D eigenvalue weighted by Gasteiger charge is 2.18. The van der Waals surface area contributed by atoms with Crippen molar-refractivity contribution in [1.29, 1.82) is 0 Å². The minimum atomic E-state index is -0.591. The molecule has 126 valence electrons. The number of rotatable bonds is 3. The van der Waals surface area contributed by atoms with Crippen LogP contribution in [0.1, 0.15) is 20.7 Å². The minimum Gasteiger partial charge on any atom is -0.506 e. The Labute approximate surface area is 146 Å². The lowest BCUT2D eigenvalue weighted by atomic mass is 9.99. The molecule has 1 aliphatic heterocycles. The van der Waals surface area contributed by atoms with Crippen molar-refractivity contribution < 1.29 is 19.5 Å². The maximum absolute atomic E-state index is 12.6. The molecule has 0 bridgehead atoms. The van der Waals surface area contributed by atoms with E-state index in [0.717, 1.165) is 0 Å². The fraction of sp³-hybridized carbons (Fsp3) is 0. The van der Waals surface area contributed by atoms with Gasteiger partial charge in [-0.25, -0.2) is 4.79 Å². The van der Waals surface area contributed by atoms with Gasteiger partial charge in [0.05, 0.1) is 21.8 Å². The van der Waals surface area contributed by atoms with Crippen LogP contribution in [0, 0.1) is 0 Å². The van der Waals surface area contributed by atoms with Crippen molar-refractivity contribution in [2.45, 2.75) is 0 Å². The van der Waals surface area contributed by atoms with Gasteiger partial charge in [0, 0.05) is 5.69 Å². The third-order valence-corrected chi connectivity index (χ3v) is 4.09. The molecule has 1 heterocycles. The number of amides is 3. The van der Waals surface area contributed by atoms with Gasteiger partial charge in [0.25, 0.3) is 5.91 Å². The molecule has 3 amide bonds. The average Bonchev–Trinajstić information content (AvgIpc) is 3.00. The molecule has 0 spiro atoms. The molecule has 0 fully saturated rings. The van der Waals surface area contributed by atoms with Crippen LogP contribution in [0.2, 0.25) is 0 Å². The number of nitrogens with one attached hydrogen (secondary N) is 1. The first-order valence-electron chi connectivity index (χ1n) is 7.69. The fourth-order valence-corrected chi connectivity index (χ4v) is 2.87. The van der Waals surface area contributed by atoms with Crippen LogP contribution in [0.5, 0.6) is 5.75 Å².